The van der Waals surface area contributed by atoms with Crippen molar-refractivity contribution in [3.05, 3.63) is 28.2 Å². The van der Waals surface area contributed by atoms with Crippen LogP contribution < -0.4 is 15.8 Å². The average molecular weight is 418 g/mol. The van der Waals surface area contributed by atoms with Crippen LogP contribution in [0.5, 0.6) is 5.75 Å². The molecule has 1 aliphatic heterocycles. The Balaban J connectivity index is 1.93. The lowest BCUT2D eigenvalue weighted by Crippen LogP contribution is -2.38. The van der Waals surface area contributed by atoms with Gasteiger partial charge in [-0.3, -0.25) is 14.4 Å². The maximum absolute atomic E-state index is 12.7. The molecule has 0 radical (unpaired) electrons. The molecule has 1 fully saturated rings. The molecule has 2 aromatic rings. The van der Waals surface area contributed by atoms with Crippen molar-refractivity contribution < 1.29 is 24.2 Å². The average Bonchev–Trinajstić information content (AvgIpc) is 2.70. The molecule has 0 aliphatic carbocycles. The van der Waals surface area contributed by atoms with Gasteiger partial charge in [-0.15, -0.1) is 0 Å². The van der Waals surface area contributed by atoms with Crippen LogP contribution >= 0.6 is 0 Å². The number of anilines is 1. The lowest BCUT2D eigenvalue weighted by Gasteiger charge is -2.28. The summed E-state index contributed by atoms with van der Waals surface area (Å²) in [6.45, 7) is 7.12. The number of aryl methyl sites for hydroxylation is 1. The number of fused-ring (bicyclic) bond motifs is 1. The summed E-state index contributed by atoms with van der Waals surface area (Å²) in [4.78, 5) is 43.5. The topological polar surface area (TPSA) is 123 Å². The molecule has 0 saturated carbocycles. The van der Waals surface area contributed by atoms with Crippen LogP contribution in [0.1, 0.15) is 31.1 Å². The molecule has 2 aromatic heterocycles. The van der Waals surface area contributed by atoms with Crippen molar-refractivity contribution in [2.75, 3.05) is 37.7 Å². The number of morpholine rings is 1. The number of amides is 1. The van der Waals surface area contributed by atoms with Crippen LogP contribution in [0.4, 0.5) is 5.82 Å². The van der Waals surface area contributed by atoms with Crippen molar-refractivity contribution in [2.24, 2.45) is 7.05 Å². The molecule has 2 N–H and O–H groups in total. The zero-order valence-electron chi connectivity index (χ0n) is 17.5. The van der Waals surface area contributed by atoms with E-state index in [2.05, 4.69) is 10.3 Å². The summed E-state index contributed by atoms with van der Waals surface area (Å²) >= 11 is 0. The van der Waals surface area contributed by atoms with E-state index >= 15 is 0 Å². The van der Waals surface area contributed by atoms with Gasteiger partial charge < -0.3 is 29.4 Å². The van der Waals surface area contributed by atoms with E-state index in [0.717, 1.165) is 0 Å². The number of hydrogen-bond donors (Lipinski definition) is 2. The van der Waals surface area contributed by atoms with Gasteiger partial charge in [-0.25, -0.2) is 4.98 Å². The zero-order chi connectivity index (χ0) is 22.1. The van der Waals surface area contributed by atoms with E-state index < -0.39 is 40.9 Å². The van der Waals surface area contributed by atoms with Crippen LogP contribution in [-0.2, 0) is 21.3 Å². The van der Waals surface area contributed by atoms with E-state index in [-0.39, 0.29) is 0 Å². The normalized spacial score (nSPS) is 14.6. The highest BCUT2D eigenvalue weighted by Gasteiger charge is 2.24. The van der Waals surface area contributed by atoms with E-state index in [9.17, 15) is 19.5 Å². The van der Waals surface area contributed by atoms with Crippen molar-refractivity contribution in [1.29, 1.82) is 0 Å². The first-order valence-electron chi connectivity index (χ1n) is 9.63. The summed E-state index contributed by atoms with van der Waals surface area (Å²) in [7, 11) is 1.49. The number of nitrogens with zero attached hydrogens (tertiary/aromatic N) is 3. The molecule has 0 atom stereocenters. The van der Waals surface area contributed by atoms with Crippen LogP contribution in [0.15, 0.2) is 17.1 Å². The van der Waals surface area contributed by atoms with Crippen LogP contribution in [-0.4, -0.2) is 65.0 Å². The molecule has 0 unspecified atom stereocenters. The molecule has 3 heterocycles. The van der Waals surface area contributed by atoms with Crippen LogP contribution in [0.25, 0.3) is 10.9 Å². The molecule has 1 aliphatic rings. The van der Waals surface area contributed by atoms with E-state index in [0.29, 0.717) is 43.0 Å². The summed E-state index contributed by atoms with van der Waals surface area (Å²) in [6, 6.07) is 1.64. The Bertz CT molecular complexity index is 1030. The number of pyridine rings is 2. The number of aromatic hydroxyl groups is 1. The Morgan fingerprint density at radius 3 is 2.60 bits per heavy atom. The largest absolute Gasteiger partial charge is 0.506 e. The predicted octanol–water partition coefficient (Wildman–Crippen LogP) is 0.547. The fourth-order valence-corrected chi connectivity index (χ4v) is 3.20. The highest BCUT2D eigenvalue weighted by Crippen LogP contribution is 2.28. The summed E-state index contributed by atoms with van der Waals surface area (Å²) in [6.07, 6.45) is 1.49. The second-order valence-electron chi connectivity index (χ2n) is 8.02. The van der Waals surface area contributed by atoms with Gasteiger partial charge in [0.1, 0.15) is 29.3 Å². The standard InChI is InChI=1S/C20H26N4O6/c1-20(2,3)30-15(25)11-22-18(27)16-17(26)12-9-14(24-5-7-29-8-6-24)21-10-13(12)23(4)19(16)28/h9-10,26H,5-8,11H2,1-4H3,(H,22,27). The minimum absolute atomic E-state index is 0.316. The van der Waals surface area contributed by atoms with Crippen molar-refractivity contribution >= 4 is 28.6 Å². The van der Waals surface area contributed by atoms with Gasteiger partial charge in [0.15, 0.2) is 0 Å². The highest BCUT2D eigenvalue weighted by molar-refractivity contribution is 6.03. The number of carbonyl (C=O) groups excluding carboxylic acids is 2. The van der Waals surface area contributed by atoms with Gasteiger partial charge >= 0.3 is 5.97 Å². The molecule has 1 amide bonds. The van der Waals surface area contributed by atoms with Gasteiger partial charge in [0.25, 0.3) is 11.5 Å². The smallest absolute Gasteiger partial charge is 0.325 e. The van der Waals surface area contributed by atoms with Crippen molar-refractivity contribution in [3.63, 3.8) is 0 Å². The molecule has 30 heavy (non-hydrogen) atoms. The third-order valence-corrected chi connectivity index (χ3v) is 4.62. The lowest BCUT2D eigenvalue weighted by molar-refractivity contribution is -0.153. The molecule has 0 spiro atoms. The second-order valence-corrected chi connectivity index (χ2v) is 8.02. The number of hydrogen-bond acceptors (Lipinski definition) is 8. The Labute approximate surface area is 173 Å². The number of ether oxygens (including phenoxy) is 2. The van der Waals surface area contributed by atoms with E-state index in [1.165, 1.54) is 17.8 Å². The predicted molar refractivity (Wildman–Crippen MR) is 110 cm³/mol. The summed E-state index contributed by atoms with van der Waals surface area (Å²) in [5.74, 6) is -1.34. The molecular weight excluding hydrogens is 392 g/mol. The number of carbonyl (C=O) groups is 2. The van der Waals surface area contributed by atoms with Gasteiger partial charge in [-0.2, -0.15) is 0 Å². The fourth-order valence-electron chi connectivity index (χ4n) is 3.20. The monoisotopic (exact) mass is 418 g/mol. The molecule has 0 bridgehead atoms. The first-order valence-corrected chi connectivity index (χ1v) is 9.63. The maximum atomic E-state index is 12.7. The van der Waals surface area contributed by atoms with E-state index in [4.69, 9.17) is 9.47 Å². The molecule has 10 nitrogen and oxygen atoms in total. The minimum atomic E-state index is -0.856. The molecule has 3 rings (SSSR count). The van der Waals surface area contributed by atoms with Crippen LogP contribution in [0.3, 0.4) is 0 Å². The summed E-state index contributed by atoms with van der Waals surface area (Å²) in [5.41, 5.74) is -1.44. The third kappa shape index (κ3) is 4.54. The maximum Gasteiger partial charge on any atom is 0.325 e. The van der Waals surface area contributed by atoms with Gasteiger partial charge in [0.05, 0.1) is 24.9 Å². The Hall–Kier alpha value is -3.14. The van der Waals surface area contributed by atoms with Crippen LogP contribution in [0, 0.1) is 0 Å². The molecule has 1 saturated heterocycles. The van der Waals surface area contributed by atoms with E-state index in [1.54, 1.807) is 26.8 Å². The summed E-state index contributed by atoms with van der Waals surface area (Å²) < 4.78 is 11.7. The quantitative estimate of drug-likeness (QED) is 0.690. The van der Waals surface area contributed by atoms with Gasteiger partial charge in [0.2, 0.25) is 0 Å². The van der Waals surface area contributed by atoms with Crippen molar-refractivity contribution in [3.8, 4) is 5.75 Å². The Kier molecular flexibility index (Phi) is 5.97. The second kappa shape index (κ2) is 8.31. The molecular formula is C20H26N4O6. The first kappa shape index (κ1) is 21.6. The van der Waals surface area contributed by atoms with E-state index in [1.807, 2.05) is 4.90 Å². The number of nitrogens with one attached hydrogen (secondary N) is 1. The van der Waals surface area contributed by atoms with Gasteiger partial charge in [0, 0.05) is 25.5 Å². The zero-order valence-corrected chi connectivity index (χ0v) is 17.5. The number of aromatic nitrogens is 2. The number of rotatable bonds is 4. The number of esters is 1. The van der Waals surface area contributed by atoms with Crippen molar-refractivity contribution in [2.45, 2.75) is 26.4 Å². The SMILES string of the molecule is Cn1c(=O)c(C(=O)NCC(=O)OC(C)(C)C)c(O)c2cc(N3CCOCC3)ncc21. The Morgan fingerprint density at radius 1 is 1.30 bits per heavy atom. The van der Waals surface area contributed by atoms with Gasteiger partial charge in [-0.1, -0.05) is 0 Å². The lowest BCUT2D eigenvalue weighted by atomic mass is 10.1. The molecule has 0 aromatic carbocycles. The first-order chi connectivity index (χ1) is 14.1. The van der Waals surface area contributed by atoms with Crippen LogP contribution in [0.2, 0.25) is 0 Å². The highest BCUT2D eigenvalue weighted by atomic mass is 16.6. The van der Waals surface area contributed by atoms with Crippen molar-refractivity contribution in [1.82, 2.24) is 14.9 Å². The Morgan fingerprint density at radius 2 is 1.97 bits per heavy atom. The third-order valence-electron chi connectivity index (χ3n) is 4.62. The molecule has 10 heteroatoms. The van der Waals surface area contributed by atoms with Gasteiger partial charge in [-0.05, 0) is 26.8 Å². The minimum Gasteiger partial charge on any atom is -0.506 e. The fraction of sp³-hybridized carbons (Fsp3) is 0.500. The summed E-state index contributed by atoms with van der Waals surface area (Å²) in [5, 5.41) is 13.4. The molecule has 162 valence electrons.